The average molecular weight is 308 g/mol. The van der Waals surface area contributed by atoms with Crippen LogP contribution in [-0.4, -0.2) is 26.6 Å². The molecule has 108 valence electrons. The third-order valence-electron chi connectivity index (χ3n) is 2.10. The minimum Gasteiger partial charge on any atom is -0.325 e. The third kappa shape index (κ3) is 6.42. The minimum atomic E-state index is -3.28. The molecule has 6 nitrogen and oxygen atoms in total. The van der Waals surface area contributed by atoms with Crippen LogP contribution in [0.2, 0.25) is 0 Å². The number of nitrogens with one attached hydrogen (secondary N) is 2. The molecule has 1 rings (SSSR count). The van der Waals surface area contributed by atoms with Crippen LogP contribution >= 0.6 is 12.4 Å². The summed E-state index contributed by atoms with van der Waals surface area (Å²) in [6, 6.07) is 6.38. The fourth-order valence-corrected chi connectivity index (χ4v) is 2.47. The summed E-state index contributed by atoms with van der Waals surface area (Å²) in [5.41, 5.74) is 6.20. The van der Waals surface area contributed by atoms with Crippen molar-refractivity contribution in [3.8, 4) is 0 Å². The summed E-state index contributed by atoms with van der Waals surface area (Å²) >= 11 is 0. The third-order valence-corrected chi connectivity index (χ3v) is 3.59. The summed E-state index contributed by atoms with van der Waals surface area (Å²) in [7, 11) is -3.28. The second-order valence-corrected chi connectivity index (χ2v) is 5.59. The summed E-state index contributed by atoms with van der Waals surface area (Å²) < 4.78 is 25.5. The maximum Gasteiger partial charge on any atom is 0.238 e. The molecule has 0 heterocycles. The van der Waals surface area contributed by atoms with E-state index in [0.29, 0.717) is 17.8 Å². The van der Waals surface area contributed by atoms with Crippen LogP contribution in [0.1, 0.15) is 13.3 Å². The minimum absolute atomic E-state index is 0. The highest BCUT2D eigenvalue weighted by molar-refractivity contribution is 7.92. The molecule has 0 fully saturated rings. The van der Waals surface area contributed by atoms with Gasteiger partial charge in [0.2, 0.25) is 15.9 Å². The Morgan fingerprint density at radius 1 is 1.21 bits per heavy atom. The summed E-state index contributed by atoms with van der Waals surface area (Å²) in [6.07, 6.45) is 0.556. The molecular formula is C11H18ClN3O3S. The molecule has 4 N–H and O–H groups in total. The molecule has 0 unspecified atom stereocenters. The van der Waals surface area contributed by atoms with E-state index < -0.39 is 10.0 Å². The number of sulfonamides is 1. The Balaban J connectivity index is 0.00000324. The van der Waals surface area contributed by atoms with E-state index in [-0.39, 0.29) is 30.6 Å². The first-order valence-electron chi connectivity index (χ1n) is 5.57. The zero-order valence-electron chi connectivity index (χ0n) is 10.5. The van der Waals surface area contributed by atoms with Crippen LogP contribution in [0.4, 0.5) is 11.4 Å². The van der Waals surface area contributed by atoms with Crippen LogP contribution in [0, 0.1) is 0 Å². The highest BCUT2D eigenvalue weighted by Crippen LogP contribution is 2.14. The van der Waals surface area contributed by atoms with Crippen molar-refractivity contribution in [2.45, 2.75) is 13.3 Å². The zero-order valence-corrected chi connectivity index (χ0v) is 12.2. The maximum absolute atomic E-state index is 11.5. The molecule has 0 saturated heterocycles. The fourth-order valence-electron chi connectivity index (χ4n) is 1.33. The van der Waals surface area contributed by atoms with Gasteiger partial charge in [0.15, 0.2) is 0 Å². The smallest absolute Gasteiger partial charge is 0.238 e. The van der Waals surface area contributed by atoms with Crippen molar-refractivity contribution in [3.63, 3.8) is 0 Å². The highest BCUT2D eigenvalue weighted by Gasteiger charge is 2.08. The van der Waals surface area contributed by atoms with E-state index in [9.17, 15) is 13.2 Å². The monoisotopic (exact) mass is 307 g/mol. The van der Waals surface area contributed by atoms with Gasteiger partial charge in [-0.1, -0.05) is 6.92 Å². The lowest BCUT2D eigenvalue weighted by Gasteiger charge is -2.08. The van der Waals surface area contributed by atoms with Crippen molar-refractivity contribution in [1.82, 2.24) is 0 Å². The maximum atomic E-state index is 11.5. The van der Waals surface area contributed by atoms with Crippen LogP contribution in [0.15, 0.2) is 24.3 Å². The van der Waals surface area contributed by atoms with Gasteiger partial charge in [0.25, 0.3) is 0 Å². The van der Waals surface area contributed by atoms with Crippen molar-refractivity contribution in [2.24, 2.45) is 5.73 Å². The van der Waals surface area contributed by atoms with E-state index in [4.69, 9.17) is 5.73 Å². The van der Waals surface area contributed by atoms with Crippen LogP contribution in [-0.2, 0) is 14.8 Å². The predicted molar refractivity (Wildman–Crippen MR) is 79.1 cm³/mol. The van der Waals surface area contributed by atoms with Crippen molar-refractivity contribution >= 4 is 39.7 Å². The zero-order chi connectivity index (χ0) is 13.6. The number of anilines is 2. The molecule has 8 heteroatoms. The second kappa shape index (κ2) is 7.98. The molecule has 1 aromatic carbocycles. The van der Waals surface area contributed by atoms with Gasteiger partial charge in [-0.05, 0) is 30.7 Å². The standard InChI is InChI=1S/C11H17N3O3S.ClH/c1-2-7-18(16,17)14-10-5-3-9(4-6-10)13-11(15)8-12;/h3-6,14H,2,7-8,12H2,1H3,(H,13,15);1H. The first-order chi connectivity index (χ1) is 8.46. The van der Waals surface area contributed by atoms with E-state index in [2.05, 4.69) is 10.0 Å². The molecule has 1 amide bonds. The van der Waals surface area contributed by atoms with Gasteiger partial charge < -0.3 is 11.1 Å². The molecular weight excluding hydrogens is 290 g/mol. The number of nitrogens with two attached hydrogens (primary N) is 1. The van der Waals surface area contributed by atoms with Crippen molar-refractivity contribution in [3.05, 3.63) is 24.3 Å². The van der Waals surface area contributed by atoms with Crippen LogP contribution in [0.25, 0.3) is 0 Å². The van der Waals surface area contributed by atoms with Gasteiger partial charge in [-0.2, -0.15) is 0 Å². The van der Waals surface area contributed by atoms with Gasteiger partial charge in [0.1, 0.15) is 0 Å². The Hall–Kier alpha value is -1.31. The van der Waals surface area contributed by atoms with Crippen LogP contribution in [0.5, 0.6) is 0 Å². The lowest BCUT2D eigenvalue weighted by Crippen LogP contribution is -2.21. The average Bonchev–Trinajstić information content (AvgIpc) is 2.31. The summed E-state index contributed by atoms with van der Waals surface area (Å²) in [5, 5.41) is 2.57. The van der Waals surface area contributed by atoms with Crippen molar-refractivity contribution < 1.29 is 13.2 Å². The first-order valence-corrected chi connectivity index (χ1v) is 7.22. The SMILES string of the molecule is CCCS(=O)(=O)Nc1ccc(NC(=O)CN)cc1.Cl. The number of carbonyl (C=O) groups is 1. The first kappa shape index (κ1) is 17.7. The number of rotatable bonds is 6. The van der Waals surface area contributed by atoms with Gasteiger partial charge in [-0.25, -0.2) is 8.42 Å². The molecule has 19 heavy (non-hydrogen) atoms. The van der Waals surface area contributed by atoms with Gasteiger partial charge in [-0.15, -0.1) is 12.4 Å². The van der Waals surface area contributed by atoms with E-state index in [0.717, 1.165) is 0 Å². The largest absolute Gasteiger partial charge is 0.325 e. The Kier molecular flexibility index (Phi) is 7.43. The van der Waals surface area contributed by atoms with Gasteiger partial charge in [0.05, 0.1) is 12.3 Å². The molecule has 0 spiro atoms. The van der Waals surface area contributed by atoms with Gasteiger partial charge >= 0.3 is 0 Å². The second-order valence-electron chi connectivity index (χ2n) is 3.75. The highest BCUT2D eigenvalue weighted by atomic mass is 35.5. The Labute approximate surface area is 119 Å². The molecule has 0 radical (unpaired) electrons. The lowest BCUT2D eigenvalue weighted by molar-refractivity contribution is -0.114. The molecule has 0 atom stereocenters. The lowest BCUT2D eigenvalue weighted by atomic mass is 10.3. The fraction of sp³-hybridized carbons (Fsp3) is 0.364. The summed E-state index contributed by atoms with van der Waals surface area (Å²) in [5.74, 6) is -0.215. The Bertz CT molecular complexity index is 502. The number of carbonyl (C=O) groups excluding carboxylic acids is 1. The number of benzene rings is 1. The van der Waals surface area contributed by atoms with Crippen LogP contribution in [0.3, 0.4) is 0 Å². The van der Waals surface area contributed by atoms with Gasteiger partial charge in [0, 0.05) is 11.4 Å². The number of hydrogen-bond acceptors (Lipinski definition) is 4. The summed E-state index contributed by atoms with van der Waals surface area (Å²) in [4.78, 5) is 11.0. The van der Waals surface area contributed by atoms with Crippen molar-refractivity contribution in [2.75, 3.05) is 22.3 Å². The molecule has 0 aliphatic heterocycles. The normalized spacial score (nSPS) is 10.4. The number of halogens is 1. The Morgan fingerprint density at radius 3 is 2.21 bits per heavy atom. The molecule has 0 aromatic heterocycles. The van der Waals surface area contributed by atoms with E-state index in [1.807, 2.05) is 0 Å². The molecule has 0 saturated carbocycles. The van der Waals surface area contributed by atoms with Crippen LogP contribution < -0.4 is 15.8 Å². The summed E-state index contributed by atoms with van der Waals surface area (Å²) in [6.45, 7) is 1.70. The van der Waals surface area contributed by atoms with E-state index in [1.54, 1.807) is 31.2 Å². The Morgan fingerprint density at radius 2 is 1.74 bits per heavy atom. The van der Waals surface area contributed by atoms with Gasteiger partial charge in [-0.3, -0.25) is 9.52 Å². The molecule has 0 bridgehead atoms. The number of hydrogen-bond donors (Lipinski definition) is 3. The molecule has 0 aliphatic carbocycles. The number of amides is 1. The molecule has 0 aliphatic rings. The van der Waals surface area contributed by atoms with E-state index >= 15 is 0 Å². The quantitative estimate of drug-likeness (QED) is 0.734. The predicted octanol–water partition coefficient (Wildman–Crippen LogP) is 1.16. The van der Waals surface area contributed by atoms with Crippen molar-refractivity contribution in [1.29, 1.82) is 0 Å². The topological polar surface area (TPSA) is 101 Å². The van der Waals surface area contributed by atoms with E-state index in [1.165, 1.54) is 0 Å². The molecule has 1 aromatic rings.